The molecule has 0 bridgehead atoms. The van der Waals surface area contributed by atoms with Crippen molar-refractivity contribution >= 4 is 23.6 Å². The Balaban J connectivity index is 1.57. The van der Waals surface area contributed by atoms with E-state index in [-0.39, 0.29) is 41.8 Å². The summed E-state index contributed by atoms with van der Waals surface area (Å²) < 4.78 is 9.92. The van der Waals surface area contributed by atoms with Crippen LogP contribution in [-0.2, 0) is 14.3 Å². The number of imide groups is 1. The molecule has 1 aromatic carbocycles. The van der Waals surface area contributed by atoms with Crippen LogP contribution >= 0.6 is 0 Å². The third kappa shape index (κ3) is 5.29. The Kier molecular flexibility index (Phi) is 7.75. The number of benzene rings is 1. The van der Waals surface area contributed by atoms with E-state index in [9.17, 15) is 19.2 Å². The first kappa shape index (κ1) is 22.9. The van der Waals surface area contributed by atoms with Crippen molar-refractivity contribution in [2.75, 3.05) is 47.1 Å². The van der Waals surface area contributed by atoms with E-state index in [0.717, 1.165) is 0 Å². The molecule has 0 radical (unpaired) electrons. The lowest BCUT2D eigenvalue weighted by Gasteiger charge is -2.32. The highest BCUT2D eigenvalue weighted by atomic mass is 16.5. The van der Waals surface area contributed by atoms with Crippen molar-refractivity contribution < 1.29 is 28.7 Å². The van der Waals surface area contributed by atoms with E-state index < -0.39 is 0 Å². The predicted molar refractivity (Wildman–Crippen MR) is 112 cm³/mol. The molecule has 2 aliphatic heterocycles. The molecule has 2 heterocycles. The number of hydrogen-bond donors (Lipinski definition) is 1. The Hall–Kier alpha value is -2.78. The summed E-state index contributed by atoms with van der Waals surface area (Å²) in [6.07, 6.45) is 2.25. The molecule has 0 spiro atoms. The minimum absolute atomic E-state index is 0.0462. The first-order valence-electron chi connectivity index (χ1n) is 10.5. The second kappa shape index (κ2) is 10.5. The van der Waals surface area contributed by atoms with Crippen molar-refractivity contribution in [3.05, 3.63) is 34.9 Å². The van der Waals surface area contributed by atoms with Crippen molar-refractivity contribution in [3.63, 3.8) is 0 Å². The SMILES string of the molecule is COCCCN1C(=O)c2ccc(C(=O)NC3CCN(C(=O)CCOC)CC3)cc2C1=O. The van der Waals surface area contributed by atoms with Gasteiger partial charge in [-0.05, 0) is 37.5 Å². The van der Waals surface area contributed by atoms with Gasteiger partial charge in [-0.1, -0.05) is 0 Å². The smallest absolute Gasteiger partial charge is 0.261 e. The second-order valence-corrected chi connectivity index (χ2v) is 7.74. The van der Waals surface area contributed by atoms with Crippen molar-refractivity contribution in [1.29, 1.82) is 0 Å². The quantitative estimate of drug-likeness (QED) is 0.463. The largest absolute Gasteiger partial charge is 0.385 e. The molecule has 1 fully saturated rings. The van der Waals surface area contributed by atoms with Gasteiger partial charge in [-0.2, -0.15) is 0 Å². The summed E-state index contributed by atoms with van der Waals surface area (Å²) in [5, 5.41) is 2.98. The Labute approximate surface area is 181 Å². The van der Waals surface area contributed by atoms with E-state index in [4.69, 9.17) is 9.47 Å². The summed E-state index contributed by atoms with van der Waals surface area (Å²) in [5.74, 6) is -0.948. The van der Waals surface area contributed by atoms with E-state index in [1.54, 1.807) is 25.2 Å². The standard InChI is InChI=1S/C22H29N3O6/c1-30-12-3-9-25-21(28)17-5-4-15(14-18(17)22(25)29)20(27)23-16-6-10-24(11-7-16)19(26)8-13-31-2/h4-5,14,16H,3,6-13H2,1-2H3,(H,23,27). The lowest BCUT2D eigenvalue weighted by atomic mass is 10.0. The Morgan fingerprint density at radius 3 is 2.39 bits per heavy atom. The maximum atomic E-state index is 12.7. The number of amides is 4. The zero-order valence-corrected chi connectivity index (χ0v) is 18.0. The van der Waals surface area contributed by atoms with Crippen molar-refractivity contribution in [3.8, 4) is 0 Å². The van der Waals surface area contributed by atoms with Gasteiger partial charge in [-0.25, -0.2) is 0 Å². The minimum Gasteiger partial charge on any atom is -0.385 e. The van der Waals surface area contributed by atoms with Crippen LogP contribution in [0, 0.1) is 0 Å². The number of methoxy groups -OCH3 is 2. The minimum atomic E-state index is -0.381. The van der Waals surface area contributed by atoms with Crippen LogP contribution in [-0.4, -0.2) is 86.5 Å². The predicted octanol–water partition coefficient (Wildman–Crippen LogP) is 1.08. The molecule has 31 heavy (non-hydrogen) atoms. The van der Waals surface area contributed by atoms with Crippen LogP contribution in [0.15, 0.2) is 18.2 Å². The molecule has 0 aliphatic carbocycles. The van der Waals surface area contributed by atoms with Gasteiger partial charge >= 0.3 is 0 Å². The molecule has 0 saturated carbocycles. The summed E-state index contributed by atoms with van der Waals surface area (Å²) in [6.45, 7) is 2.31. The summed E-state index contributed by atoms with van der Waals surface area (Å²) >= 11 is 0. The first-order chi connectivity index (χ1) is 15.0. The molecule has 2 aliphatic rings. The number of piperidine rings is 1. The normalized spacial score (nSPS) is 16.6. The molecular weight excluding hydrogens is 402 g/mol. The van der Waals surface area contributed by atoms with Gasteiger partial charge in [0.05, 0.1) is 24.2 Å². The van der Waals surface area contributed by atoms with Crippen molar-refractivity contribution in [2.45, 2.75) is 31.7 Å². The first-order valence-corrected chi connectivity index (χ1v) is 10.5. The van der Waals surface area contributed by atoms with Crippen molar-refractivity contribution in [2.24, 2.45) is 0 Å². The molecule has 0 unspecified atom stereocenters. The highest BCUT2D eigenvalue weighted by molar-refractivity contribution is 6.22. The molecule has 1 aromatic rings. The third-order valence-electron chi connectivity index (χ3n) is 5.67. The molecule has 0 atom stereocenters. The van der Waals surface area contributed by atoms with E-state index in [2.05, 4.69) is 5.32 Å². The van der Waals surface area contributed by atoms with Gasteiger partial charge in [0.1, 0.15) is 0 Å². The average molecular weight is 431 g/mol. The molecule has 0 aromatic heterocycles. The number of carbonyl (C=O) groups is 4. The van der Waals surface area contributed by atoms with E-state index in [0.29, 0.717) is 63.1 Å². The van der Waals surface area contributed by atoms with Crippen LogP contribution in [0.25, 0.3) is 0 Å². The molecule has 1 N–H and O–H groups in total. The molecular formula is C22H29N3O6. The lowest BCUT2D eigenvalue weighted by Crippen LogP contribution is -2.46. The van der Waals surface area contributed by atoms with Crippen LogP contribution in [0.4, 0.5) is 0 Å². The summed E-state index contributed by atoms with van der Waals surface area (Å²) in [5.41, 5.74) is 0.924. The van der Waals surface area contributed by atoms with E-state index in [1.807, 2.05) is 0 Å². The van der Waals surface area contributed by atoms with Crippen LogP contribution < -0.4 is 5.32 Å². The number of likely N-dealkylation sites (tertiary alicyclic amines) is 1. The lowest BCUT2D eigenvalue weighted by molar-refractivity contribution is -0.133. The molecule has 168 valence electrons. The van der Waals surface area contributed by atoms with Gasteiger partial charge in [0.2, 0.25) is 5.91 Å². The number of nitrogens with zero attached hydrogens (tertiary/aromatic N) is 2. The fourth-order valence-corrected chi connectivity index (χ4v) is 3.89. The number of hydrogen-bond acceptors (Lipinski definition) is 6. The summed E-state index contributed by atoms with van der Waals surface area (Å²) in [6, 6.07) is 4.55. The fourth-order valence-electron chi connectivity index (χ4n) is 3.89. The molecule has 3 rings (SSSR count). The monoisotopic (exact) mass is 431 g/mol. The van der Waals surface area contributed by atoms with Crippen molar-refractivity contribution in [1.82, 2.24) is 15.1 Å². The van der Waals surface area contributed by atoms with Gasteiger partial charge in [-0.3, -0.25) is 24.1 Å². The highest BCUT2D eigenvalue weighted by Gasteiger charge is 2.35. The van der Waals surface area contributed by atoms with Gasteiger partial charge in [0.25, 0.3) is 17.7 Å². The summed E-state index contributed by atoms with van der Waals surface area (Å²) in [7, 11) is 3.13. The number of ether oxygens (including phenoxy) is 2. The maximum absolute atomic E-state index is 12.7. The fraction of sp³-hybridized carbons (Fsp3) is 0.545. The van der Waals surface area contributed by atoms with Gasteiger partial charge in [-0.15, -0.1) is 0 Å². The molecule has 1 saturated heterocycles. The van der Waals surface area contributed by atoms with E-state index >= 15 is 0 Å². The Morgan fingerprint density at radius 2 is 1.71 bits per heavy atom. The Bertz CT molecular complexity index is 848. The molecule has 9 heteroatoms. The van der Waals surface area contributed by atoms with E-state index in [1.165, 1.54) is 17.0 Å². The van der Waals surface area contributed by atoms with Crippen LogP contribution in [0.3, 0.4) is 0 Å². The number of fused-ring (bicyclic) bond motifs is 1. The van der Waals surface area contributed by atoms with Crippen LogP contribution in [0.1, 0.15) is 56.8 Å². The zero-order valence-electron chi connectivity index (χ0n) is 18.0. The third-order valence-corrected chi connectivity index (χ3v) is 5.67. The Morgan fingerprint density at radius 1 is 1.03 bits per heavy atom. The van der Waals surface area contributed by atoms with Gasteiger partial charge in [0.15, 0.2) is 0 Å². The average Bonchev–Trinajstić information content (AvgIpc) is 3.02. The van der Waals surface area contributed by atoms with Crippen LogP contribution in [0.5, 0.6) is 0 Å². The maximum Gasteiger partial charge on any atom is 0.261 e. The zero-order chi connectivity index (χ0) is 22.4. The number of rotatable bonds is 9. The van der Waals surface area contributed by atoms with Crippen LogP contribution in [0.2, 0.25) is 0 Å². The van der Waals surface area contributed by atoms with Gasteiger partial charge in [0, 0.05) is 52.1 Å². The number of carbonyl (C=O) groups excluding carboxylic acids is 4. The highest BCUT2D eigenvalue weighted by Crippen LogP contribution is 2.24. The number of nitrogens with one attached hydrogen (secondary N) is 1. The molecule has 4 amide bonds. The second-order valence-electron chi connectivity index (χ2n) is 7.74. The summed E-state index contributed by atoms with van der Waals surface area (Å²) in [4.78, 5) is 52.9. The van der Waals surface area contributed by atoms with Gasteiger partial charge < -0.3 is 19.7 Å². The molecule has 9 nitrogen and oxygen atoms in total. The topological polar surface area (TPSA) is 105 Å².